The summed E-state index contributed by atoms with van der Waals surface area (Å²) >= 11 is 9.45. The van der Waals surface area contributed by atoms with Crippen molar-refractivity contribution in [1.29, 1.82) is 0 Å². The van der Waals surface area contributed by atoms with E-state index in [9.17, 15) is 9.18 Å². The summed E-state index contributed by atoms with van der Waals surface area (Å²) in [6.45, 7) is 0. The Kier molecular flexibility index (Phi) is 4.28. The van der Waals surface area contributed by atoms with E-state index in [0.717, 1.165) is 3.79 Å². The van der Waals surface area contributed by atoms with Gasteiger partial charge in [0, 0.05) is 5.38 Å². The van der Waals surface area contributed by atoms with Crippen molar-refractivity contribution >= 4 is 56.1 Å². The van der Waals surface area contributed by atoms with Gasteiger partial charge in [0.15, 0.2) is 0 Å². The lowest BCUT2D eigenvalue weighted by molar-refractivity contribution is 0.102. The average Bonchev–Trinajstić information content (AvgIpc) is 2.75. The highest BCUT2D eigenvalue weighted by molar-refractivity contribution is 9.11. The predicted molar refractivity (Wildman–Crippen MR) is 82.3 cm³/mol. The van der Waals surface area contributed by atoms with Gasteiger partial charge in [-0.2, -0.15) is 0 Å². The Morgan fingerprint density at radius 1 is 1.47 bits per heavy atom. The molecule has 19 heavy (non-hydrogen) atoms. The van der Waals surface area contributed by atoms with Crippen LogP contribution in [0.5, 0.6) is 0 Å². The molecule has 2 rings (SSSR count). The van der Waals surface area contributed by atoms with Crippen molar-refractivity contribution < 1.29 is 9.18 Å². The molecule has 0 radical (unpaired) electrons. The molecule has 2 aromatic rings. The summed E-state index contributed by atoms with van der Waals surface area (Å²) in [6, 6.07) is 5.96. The molecular weight excluding hydrogens is 351 g/mol. The maximum Gasteiger partial charge on any atom is 0.256 e. The molecule has 1 heterocycles. The van der Waals surface area contributed by atoms with Gasteiger partial charge in [0.05, 0.1) is 20.6 Å². The molecule has 3 N–H and O–H groups in total. The summed E-state index contributed by atoms with van der Waals surface area (Å²) in [5.41, 5.74) is 6.26. The lowest BCUT2D eigenvalue weighted by Crippen LogP contribution is -2.18. The van der Waals surface area contributed by atoms with E-state index in [1.165, 1.54) is 23.5 Å². The lowest BCUT2D eigenvalue weighted by Gasteiger charge is -2.10. The molecule has 1 aromatic carbocycles. The zero-order chi connectivity index (χ0) is 14.0. The highest BCUT2D eigenvalue weighted by Gasteiger charge is 2.15. The largest absolute Gasteiger partial charge is 0.389 e. The van der Waals surface area contributed by atoms with Crippen LogP contribution >= 0.6 is 39.5 Å². The van der Waals surface area contributed by atoms with Gasteiger partial charge in [0.1, 0.15) is 10.8 Å². The van der Waals surface area contributed by atoms with Crippen LogP contribution < -0.4 is 11.1 Å². The molecule has 0 bridgehead atoms. The summed E-state index contributed by atoms with van der Waals surface area (Å²) < 4.78 is 14.5. The average molecular weight is 359 g/mol. The molecule has 0 unspecified atom stereocenters. The molecule has 3 nitrogen and oxygen atoms in total. The van der Waals surface area contributed by atoms with Gasteiger partial charge in [-0.05, 0) is 34.1 Å². The van der Waals surface area contributed by atoms with Gasteiger partial charge in [-0.25, -0.2) is 4.39 Å². The monoisotopic (exact) mass is 358 g/mol. The Labute approximate surface area is 126 Å². The fraction of sp³-hybridized carbons (Fsp3) is 0. The maximum atomic E-state index is 13.6. The van der Waals surface area contributed by atoms with Crippen molar-refractivity contribution in [3.8, 4) is 0 Å². The summed E-state index contributed by atoms with van der Waals surface area (Å²) in [5.74, 6) is -0.901. The van der Waals surface area contributed by atoms with Crippen LogP contribution in [0.25, 0.3) is 0 Å². The van der Waals surface area contributed by atoms with Crippen LogP contribution in [-0.4, -0.2) is 10.9 Å². The van der Waals surface area contributed by atoms with E-state index in [1.54, 1.807) is 17.5 Å². The number of anilines is 1. The van der Waals surface area contributed by atoms with Gasteiger partial charge in [0.2, 0.25) is 0 Å². The molecular formula is C12H8BrFN2OS2. The molecule has 98 valence electrons. The first-order chi connectivity index (χ1) is 8.99. The standard InChI is InChI=1S/C12H8BrFN2OS2/c13-9-4-6(5-19-9)12(17)16-8-3-1-2-7(14)10(8)11(15)18/h1-5H,(H2,15,18)(H,16,17). The fourth-order valence-corrected chi connectivity index (χ4v) is 2.85. The van der Waals surface area contributed by atoms with Crippen LogP contribution in [-0.2, 0) is 0 Å². The van der Waals surface area contributed by atoms with Gasteiger partial charge in [-0.15, -0.1) is 11.3 Å². The van der Waals surface area contributed by atoms with Gasteiger partial charge in [-0.3, -0.25) is 4.79 Å². The molecule has 1 aromatic heterocycles. The van der Waals surface area contributed by atoms with E-state index in [1.807, 2.05) is 0 Å². The minimum absolute atomic E-state index is 0.0418. The van der Waals surface area contributed by atoms with Crippen LogP contribution in [0.1, 0.15) is 15.9 Å². The Morgan fingerprint density at radius 3 is 2.79 bits per heavy atom. The Hall–Kier alpha value is -1.31. The Morgan fingerprint density at radius 2 is 2.21 bits per heavy atom. The van der Waals surface area contributed by atoms with E-state index in [4.69, 9.17) is 18.0 Å². The second kappa shape index (κ2) is 5.77. The van der Waals surface area contributed by atoms with Gasteiger partial charge >= 0.3 is 0 Å². The number of benzene rings is 1. The van der Waals surface area contributed by atoms with Crippen LogP contribution in [0, 0.1) is 5.82 Å². The highest BCUT2D eigenvalue weighted by atomic mass is 79.9. The fourth-order valence-electron chi connectivity index (χ4n) is 1.50. The van der Waals surface area contributed by atoms with Crippen molar-refractivity contribution in [2.45, 2.75) is 0 Å². The van der Waals surface area contributed by atoms with E-state index in [2.05, 4.69) is 21.2 Å². The summed E-state index contributed by atoms with van der Waals surface area (Å²) in [6.07, 6.45) is 0. The number of thiophene rings is 1. The molecule has 0 spiro atoms. The molecule has 0 aliphatic carbocycles. The quantitative estimate of drug-likeness (QED) is 0.825. The number of hydrogen-bond acceptors (Lipinski definition) is 3. The summed E-state index contributed by atoms with van der Waals surface area (Å²) in [4.78, 5) is 11.9. The molecule has 1 amide bonds. The third-order valence-electron chi connectivity index (χ3n) is 2.34. The first kappa shape index (κ1) is 14.1. The molecule has 0 aliphatic rings. The normalized spacial score (nSPS) is 10.2. The minimum Gasteiger partial charge on any atom is -0.389 e. The third kappa shape index (κ3) is 3.17. The highest BCUT2D eigenvalue weighted by Crippen LogP contribution is 2.23. The van der Waals surface area contributed by atoms with Crippen molar-refractivity contribution in [2.75, 3.05) is 5.32 Å². The van der Waals surface area contributed by atoms with Crippen molar-refractivity contribution in [3.05, 3.63) is 50.4 Å². The van der Waals surface area contributed by atoms with E-state index in [0.29, 0.717) is 5.56 Å². The van der Waals surface area contributed by atoms with Crippen LogP contribution in [0.15, 0.2) is 33.4 Å². The van der Waals surface area contributed by atoms with E-state index < -0.39 is 5.82 Å². The number of amides is 1. The maximum absolute atomic E-state index is 13.6. The number of nitrogens with two attached hydrogens (primary N) is 1. The van der Waals surface area contributed by atoms with Crippen molar-refractivity contribution in [3.63, 3.8) is 0 Å². The molecule has 7 heteroatoms. The van der Waals surface area contributed by atoms with Crippen LogP contribution in [0.3, 0.4) is 0 Å². The number of carbonyl (C=O) groups excluding carboxylic acids is 1. The topological polar surface area (TPSA) is 55.1 Å². The Bertz CT molecular complexity index is 657. The van der Waals surface area contributed by atoms with Crippen LogP contribution in [0.2, 0.25) is 0 Å². The van der Waals surface area contributed by atoms with Crippen molar-refractivity contribution in [1.82, 2.24) is 0 Å². The minimum atomic E-state index is -0.559. The van der Waals surface area contributed by atoms with E-state index in [-0.39, 0.29) is 22.1 Å². The molecule has 0 saturated heterocycles. The molecule has 0 aliphatic heterocycles. The zero-order valence-electron chi connectivity index (χ0n) is 9.44. The number of carbonyl (C=O) groups is 1. The first-order valence-corrected chi connectivity index (χ1v) is 7.21. The number of halogens is 2. The molecule has 0 fully saturated rings. The summed E-state index contributed by atoms with van der Waals surface area (Å²) in [7, 11) is 0. The number of hydrogen-bond donors (Lipinski definition) is 2. The van der Waals surface area contributed by atoms with E-state index >= 15 is 0 Å². The van der Waals surface area contributed by atoms with Gasteiger partial charge in [0.25, 0.3) is 5.91 Å². The molecule has 0 atom stereocenters. The smallest absolute Gasteiger partial charge is 0.256 e. The zero-order valence-corrected chi connectivity index (χ0v) is 12.7. The molecule has 0 saturated carbocycles. The van der Waals surface area contributed by atoms with Crippen LogP contribution in [0.4, 0.5) is 10.1 Å². The van der Waals surface area contributed by atoms with Gasteiger partial charge < -0.3 is 11.1 Å². The number of rotatable bonds is 3. The lowest BCUT2D eigenvalue weighted by atomic mass is 10.1. The predicted octanol–water partition coefficient (Wildman–Crippen LogP) is 3.54. The summed E-state index contributed by atoms with van der Waals surface area (Å²) in [5, 5.41) is 4.30. The number of nitrogens with one attached hydrogen (secondary N) is 1. The Balaban J connectivity index is 2.31. The van der Waals surface area contributed by atoms with Crippen molar-refractivity contribution in [2.24, 2.45) is 5.73 Å². The first-order valence-electron chi connectivity index (χ1n) is 5.12. The second-order valence-corrected chi connectivity index (χ2v) is 6.35. The van der Waals surface area contributed by atoms with Gasteiger partial charge in [-0.1, -0.05) is 18.3 Å². The third-order valence-corrected chi connectivity index (χ3v) is 4.05. The number of thiocarbonyl (C=S) groups is 1. The SMILES string of the molecule is NC(=S)c1c(F)cccc1NC(=O)c1csc(Br)c1. The second-order valence-electron chi connectivity index (χ2n) is 3.62.